The third-order valence-electron chi connectivity index (χ3n) is 3.23. The Morgan fingerprint density at radius 3 is 2.05 bits per heavy atom. The summed E-state index contributed by atoms with van der Waals surface area (Å²) in [6.07, 6.45) is 2.90. The zero-order valence-corrected chi connectivity index (χ0v) is 10.6. The fraction of sp³-hybridized carbons (Fsp3) is 0. The van der Waals surface area contributed by atoms with Crippen LogP contribution in [0.2, 0.25) is 0 Å². The quantitative estimate of drug-likeness (QED) is 0.430. The van der Waals surface area contributed by atoms with Crippen LogP contribution < -0.4 is 9.67 Å². The lowest BCUT2D eigenvalue weighted by Crippen LogP contribution is -2.43. The fourth-order valence-corrected chi connectivity index (χ4v) is 2.27. The van der Waals surface area contributed by atoms with E-state index in [1.54, 1.807) is 18.2 Å². The Bertz CT molecular complexity index is 808. The SMILES string of the molecule is O=C1C(=O)c2c(O)ccc(O)c2C([O-])=C1[n+]1ccccc1. The number of aromatic nitrogens is 1. The van der Waals surface area contributed by atoms with Crippen molar-refractivity contribution in [3.63, 3.8) is 0 Å². The van der Waals surface area contributed by atoms with Gasteiger partial charge in [-0.1, -0.05) is 6.07 Å². The summed E-state index contributed by atoms with van der Waals surface area (Å²) in [6.45, 7) is 0. The molecule has 0 saturated heterocycles. The maximum absolute atomic E-state index is 12.4. The first-order valence-corrected chi connectivity index (χ1v) is 6.04. The first kappa shape index (κ1) is 12.9. The van der Waals surface area contributed by atoms with Crippen LogP contribution in [-0.2, 0) is 4.79 Å². The zero-order chi connectivity index (χ0) is 15.1. The molecule has 0 spiro atoms. The summed E-state index contributed by atoms with van der Waals surface area (Å²) in [7, 11) is 0. The molecule has 1 heterocycles. The Labute approximate surface area is 118 Å². The van der Waals surface area contributed by atoms with Gasteiger partial charge in [-0.3, -0.25) is 9.59 Å². The van der Waals surface area contributed by atoms with Crippen LogP contribution in [0.3, 0.4) is 0 Å². The molecule has 0 saturated carbocycles. The number of rotatable bonds is 1. The van der Waals surface area contributed by atoms with Crippen LogP contribution >= 0.6 is 0 Å². The Morgan fingerprint density at radius 1 is 0.857 bits per heavy atom. The number of allylic oxidation sites excluding steroid dienone is 1. The number of phenolic OH excluding ortho intramolecular Hbond substituents is 2. The maximum atomic E-state index is 12.4. The smallest absolute Gasteiger partial charge is 0.297 e. The molecular weight excluding hydrogens is 274 g/mol. The van der Waals surface area contributed by atoms with Crippen molar-refractivity contribution in [2.24, 2.45) is 0 Å². The molecule has 21 heavy (non-hydrogen) atoms. The van der Waals surface area contributed by atoms with Gasteiger partial charge in [-0.05, 0) is 17.9 Å². The number of ketones is 2. The zero-order valence-electron chi connectivity index (χ0n) is 10.6. The number of Topliss-reactive ketones (excluding diaryl/α,β-unsaturated/α-hetero) is 2. The van der Waals surface area contributed by atoms with E-state index in [0.29, 0.717) is 0 Å². The molecule has 0 unspecified atom stereocenters. The molecule has 3 rings (SSSR count). The van der Waals surface area contributed by atoms with Crippen LogP contribution in [0.4, 0.5) is 0 Å². The van der Waals surface area contributed by atoms with Gasteiger partial charge in [-0.15, -0.1) is 0 Å². The standard InChI is InChI=1S/C15H9NO5/c17-8-4-5-9(18)11-10(8)13(19)12(15(21)14(11)20)16-6-2-1-3-7-16/h1-7H,(H2-,17,18,19,20,21). The molecule has 0 radical (unpaired) electrons. The summed E-state index contributed by atoms with van der Waals surface area (Å²) >= 11 is 0. The Balaban J connectivity index is 2.38. The van der Waals surface area contributed by atoms with Gasteiger partial charge in [-0.2, -0.15) is 4.57 Å². The summed E-state index contributed by atoms with van der Waals surface area (Å²) in [6, 6.07) is 7.04. The van der Waals surface area contributed by atoms with Gasteiger partial charge >= 0.3 is 0 Å². The minimum absolute atomic E-state index is 0.356. The number of fused-ring (bicyclic) bond motifs is 1. The molecule has 2 aromatic rings. The number of nitrogens with zero attached hydrogens (tertiary/aromatic N) is 1. The summed E-state index contributed by atoms with van der Waals surface area (Å²) < 4.78 is 1.22. The molecule has 1 aromatic carbocycles. The van der Waals surface area contributed by atoms with Gasteiger partial charge in [0.2, 0.25) is 5.78 Å². The Hall–Kier alpha value is -3.15. The molecule has 1 aliphatic carbocycles. The molecule has 0 bridgehead atoms. The second kappa shape index (κ2) is 4.45. The number of benzene rings is 1. The molecular formula is C15H9NO5. The van der Waals surface area contributed by atoms with Crippen LogP contribution in [0.25, 0.3) is 11.5 Å². The lowest BCUT2D eigenvalue weighted by atomic mass is 9.90. The van der Waals surface area contributed by atoms with Crippen LogP contribution in [0.15, 0.2) is 42.7 Å². The minimum Gasteiger partial charge on any atom is -0.867 e. The Morgan fingerprint density at radius 2 is 1.43 bits per heavy atom. The Kier molecular flexibility index (Phi) is 2.72. The van der Waals surface area contributed by atoms with Gasteiger partial charge in [-0.25, -0.2) is 0 Å². The third-order valence-corrected chi connectivity index (χ3v) is 3.23. The molecule has 1 aliphatic rings. The normalized spacial score (nSPS) is 14.3. The molecule has 104 valence electrons. The average Bonchev–Trinajstić information content (AvgIpc) is 2.48. The average molecular weight is 283 g/mol. The van der Waals surface area contributed by atoms with Crippen molar-refractivity contribution < 1.29 is 29.5 Å². The highest BCUT2D eigenvalue weighted by molar-refractivity contribution is 6.59. The van der Waals surface area contributed by atoms with E-state index in [-0.39, 0.29) is 11.3 Å². The van der Waals surface area contributed by atoms with Crippen LogP contribution in [0.5, 0.6) is 11.5 Å². The van der Waals surface area contributed by atoms with E-state index in [9.17, 15) is 24.9 Å². The molecule has 6 heteroatoms. The number of carbonyl (C=O) groups is 2. The van der Waals surface area contributed by atoms with Crippen LogP contribution in [0.1, 0.15) is 15.9 Å². The highest BCUT2D eigenvalue weighted by Crippen LogP contribution is 2.37. The lowest BCUT2D eigenvalue weighted by Gasteiger charge is -2.22. The van der Waals surface area contributed by atoms with Gasteiger partial charge in [0.15, 0.2) is 12.4 Å². The van der Waals surface area contributed by atoms with Gasteiger partial charge < -0.3 is 15.3 Å². The molecule has 0 fully saturated rings. The van der Waals surface area contributed by atoms with Crippen molar-refractivity contribution in [3.8, 4) is 11.5 Å². The number of aromatic hydroxyl groups is 2. The summed E-state index contributed by atoms with van der Waals surface area (Å²) in [5.41, 5.74) is -1.19. The number of phenols is 2. The summed E-state index contributed by atoms with van der Waals surface area (Å²) in [5.74, 6) is -3.82. The van der Waals surface area contributed by atoms with Crippen LogP contribution in [0, 0.1) is 0 Å². The lowest BCUT2D eigenvalue weighted by molar-refractivity contribution is -0.579. The second-order valence-electron chi connectivity index (χ2n) is 4.47. The van der Waals surface area contributed by atoms with Crippen molar-refractivity contribution in [3.05, 3.63) is 53.9 Å². The largest absolute Gasteiger partial charge is 0.867 e. The second-order valence-corrected chi connectivity index (χ2v) is 4.47. The van der Waals surface area contributed by atoms with E-state index in [4.69, 9.17) is 0 Å². The van der Waals surface area contributed by atoms with E-state index in [2.05, 4.69) is 0 Å². The van der Waals surface area contributed by atoms with Crippen LogP contribution in [-0.4, -0.2) is 21.8 Å². The summed E-state index contributed by atoms with van der Waals surface area (Å²) in [4.78, 5) is 24.3. The van der Waals surface area contributed by atoms with Crippen molar-refractivity contribution in [2.45, 2.75) is 0 Å². The van der Waals surface area contributed by atoms with Crippen molar-refractivity contribution >= 4 is 23.0 Å². The molecule has 0 aliphatic heterocycles. The monoisotopic (exact) mass is 283 g/mol. The summed E-state index contributed by atoms with van der Waals surface area (Å²) in [5, 5.41) is 31.9. The molecule has 2 N–H and O–H groups in total. The molecule has 0 amide bonds. The highest BCUT2D eigenvalue weighted by atomic mass is 16.3. The molecule has 1 aromatic heterocycles. The van der Waals surface area contributed by atoms with E-state index < -0.39 is 34.4 Å². The number of carbonyl (C=O) groups excluding carboxylic acids is 2. The predicted octanol–water partition coefficient (Wildman–Crippen LogP) is -0.163. The molecule has 6 nitrogen and oxygen atoms in total. The highest BCUT2D eigenvalue weighted by Gasteiger charge is 2.38. The number of hydrogen-bond acceptors (Lipinski definition) is 5. The third kappa shape index (κ3) is 1.77. The predicted molar refractivity (Wildman–Crippen MR) is 68.9 cm³/mol. The number of hydrogen-bond donors (Lipinski definition) is 2. The molecule has 0 atom stereocenters. The first-order valence-electron chi connectivity index (χ1n) is 6.04. The van der Waals surface area contributed by atoms with Crippen molar-refractivity contribution in [1.82, 2.24) is 0 Å². The minimum atomic E-state index is -1.02. The van der Waals surface area contributed by atoms with Gasteiger partial charge in [0.25, 0.3) is 11.5 Å². The van der Waals surface area contributed by atoms with Gasteiger partial charge in [0, 0.05) is 17.7 Å². The van der Waals surface area contributed by atoms with Gasteiger partial charge in [0.1, 0.15) is 11.5 Å². The van der Waals surface area contributed by atoms with E-state index >= 15 is 0 Å². The van der Waals surface area contributed by atoms with Gasteiger partial charge in [0.05, 0.1) is 5.56 Å². The van der Waals surface area contributed by atoms with E-state index in [1.165, 1.54) is 17.0 Å². The number of pyridine rings is 1. The van der Waals surface area contributed by atoms with Crippen molar-refractivity contribution in [2.75, 3.05) is 0 Å². The van der Waals surface area contributed by atoms with E-state index in [1.807, 2.05) is 0 Å². The van der Waals surface area contributed by atoms with Crippen molar-refractivity contribution in [1.29, 1.82) is 0 Å². The maximum Gasteiger partial charge on any atom is 0.297 e. The fourth-order valence-electron chi connectivity index (χ4n) is 2.27. The van der Waals surface area contributed by atoms with E-state index in [0.717, 1.165) is 12.1 Å². The first-order chi connectivity index (χ1) is 10.0. The topological polar surface area (TPSA) is 102 Å².